The van der Waals surface area contributed by atoms with Gasteiger partial charge in [-0.3, -0.25) is 9.59 Å². The number of anilines is 1. The molecule has 6 rings (SSSR count). The number of allylic oxidation sites excluding steroid dienone is 1. The van der Waals surface area contributed by atoms with Gasteiger partial charge in [0.05, 0.1) is 23.6 Å². The minimum absolute atomic E-state index is 0.0799. The number of hydrogen-bond acceptors (Lipinski definition) is 6. The summed E-state index contributed by atoms with van der Waals surface area (Å²) in [7, 11) is -3.91. The van der Waals surface area contributed by atoms with Gasteiger partial charge in [0.1, 0.15) is 5.75 Å². The molecule has 0 radical (unpaired) electrons. The Morgan fingerprint density at radius 1 is 1.20 bits per heavy atom. The van der Waals surface area contributed by atoms with Crippen molar-refractivity contribution in [2.24, 2.45) is 17.8 Å². The number of nitrogens with one attached hydrogen (secondary N) is 2. The standard InChI is InChI=1S/C35H44ClN3O5S/c1-4-27-9-5-6-10-31(37-23(3)40)28-16-22(2)29(28)19-39-20-35(15-7-8-24-17-26(36)12-13-30(24)35)21-44-33-14-11-25(18-32(33)39)34(41)38-45(27,42)43/h6,10-14,17-18,22,27-29,31H,4-5,7-9,15-16,19-21H2,1-3H3,(H,37,40)(H,38,41)/b10-6+/t22?,27-,28-,29?,31+,35+/m1/s1. The number of ether oxygens (including phenoxy) is 1. The number of rotatable bonds is 2. The lowest BCUT2D eigenvalue weighted by molar-refractivity contribution is -0.120. The number of sulfonamides is 1. The molecule has 1 saturated carbocycles. The third kappa shape index (κ3) is 6.35. The average molecular weight is 654 g/mol. The van der Waals surface area contributed by atoms with Gasteiger partial charge in [-0.2, -0.15) is 0 Å². The van der Waals surface area contributed by atoms with E-state index >= 15 is 0 Å². The van der Waals surface area contributed by atoms with Crippen LogP contribution in [-0.2, 0) is 26.7 Å². The molecule has 45 heavy (non-hydrogen) atoms. The summed E-state index contributed by atoms with van der Waals surface area (Å²) in [6.07, 6.45) is 9.26. The largest absolute Gasteiger partial charge is 0.490 e. The maximum Gasteiger partial charge on any atom is 0.264 e. The molecule has 1 spiro atoms. The Morgan fingerprint density at radius 2 is 2.02 bits per heavy atom. The van der Waals surface area contributed by atoms with Gasteiger partial charge in [-0.1, -0.05) is 43.7 Å². The molecule has 2 unspecified atom stereocenters. The molecule has 0 aromatic heterocycles. The molecule has 2 N–H and O–H groups in total. The zero-order chi connectivity index (χ0) is 31.9. The van der Waals surface area contributed by atoms with Crippen LogP contribution < -0.4 is 19.7 Å². The highest BCUT2D eigenvalue weighted by Crippen LogP contribution is 2.48. The molecule has 8 nitrogen and oxygen atoms in total. The average Bonchev–Trinajstić information content (AvgIpc) is 3.14. The smallest absolute Gasteiger partial charge is 0.264 e. The zero-order valence-electron chi connectivity index (χ0n) is 26.4. The van der Waals surface area contributed by atoms with Crippen molar-refractivity contribution in [3.63, 3.8) is 0 Å². The third-order valence-electron chi connectivity index (χ3n) is 10.6. The first-order valence-electron chi connectivity index (χ1n) is 16.3. The third-order valence-corrected chi connectivity index (χ3v) is 12.8. The van der Waals surface area contributed by atoms with E-state index in [0.29, 0.717) is 44.1 Å². The Morgan fingerprint density at radius 3 is 2.78 bits per heavy atom. The normalized spacial score (nSPS) is 31.7. The topological polar surface area (TPSA) is 105 Å². The van der Waals surface area contributed by atoms with Crippen LogP contribution in [0, 0.1) is 17.8 Å². The SMILES string of the molecule is CC[C@@H]1CC/C=C/[C@H](NC(C)=O)[C@@H]2CC(C)C2CN2C[C@@]3(CCCc4cc(Cl)ccc43)COc3ccc(cc32)C(=O)NS1(=O)=O. The van der Waals surface area contributed by atoms with Crippen LogP contribution in [0.5, 0.6) is 5.75 Å². The van der Waals surface area contributed by atoms with Crippen molar-refractivity contribution in [1.82, 2.24) is 10.0 Å². The molecule has 6 atom stereocenters. The number of carbonyl (C=O) groups excluding carboxylic acids is 2. The predicted octanol–water partition coefficient (Wildman–Crippen LogP) is 5.78. The van der Waals surface area contributed by atoms with Gasteiger partial charge in [0.25, 0.3) is 5.91 Å². The molecule has 10 heteroatoms. The van der Waals surface area contributed by atoms with Crippen LogP contribution in [0.15, 0.2) is 48.6 Å². The lowest BCUT2D eigenvalue weighted by Crippen LogP contribution is -2.54. The summed E-state index contributed by atoms with van der Waals surface area (Å²) < 4.78 is 35.6. The first-order valence-corrected chi connectivity index (χ1v) is 18.2. The number of hydrogen-bond donors (Lipinski definition) is 2. The van der Waals surface area contributed by atoms with Crippen molar-refractivity contribution in [2.45, 2.75) is 82.4 Å². The molecular weight excluding hydrogens is 610 g/mol. The molecule has 2 aliphatic carbocycles. The molecule has 242 valence electrons. The first-order chi connectivity index (χ1) is 21.5. The highest BCUT2D eigenvalue weighted by molar-refractivity contribution is 7.90. The van der Waals surface area contributed by atoms with Gasteiger partial charge in [0.15, 0.2) is 0 Å². The number of aryl methyl sites for hydroxylation is 1. The fraction of sp³-hybridized carbons (Fsp3) is 0.543. The van der Waals surface area contributed by atoms with Crippen molar-refractivity contribution < 1.29 is 22.7 Å². The maximum absolute atomic E-state index is 13.5. The highest BCUT2D eigenvalue weighted by Gasteiger charge is 2.46. The molecular formula is C35H44ClN3O5S. The van der Waals surface area contributed by atoms with Crippen LogP contribution in [-0.4, -0.2) is 51.2 Å². The second kappa shape index (κ2) is 12.6. The Labute approximate surface area is 272 Å². The van der Waals surface area contributed by atoms with Crippen LogP contribution in [0.25, 0.3) is 0 Å². The number of amides is 2. The number of halogens is 1. The van der Waals surface area contributed by atoms with E-state index < -0.39 is 21.2 Å². The van der Waals surface area contributed by atoms with Gasteiger partial charge >= 0.3 is 0 Å². The van der Waals surface area contributed by atoms with Crippen LogP contribution in [0.1, 0.15) is 80.8 Å². The minimum atomic E-state index is -3.91. The summed E-state index contributed by atoms with van der Waals surface area (Å²) in [5, 5.41) is 3.19. The van der Waals surface area contributed by atoms with Gasteiger partial charge in [0.2, 0.25) is 15.9 Å². The van der Waals surface area contributed by atoms with E-state index in [9.17, 15) is 18.0 Å². The Hall–Kier alpha value is -3.04. The fourth-order valence-corrected chi connectivity index (χ4v) is 9.77. The molecule has 1 fully saturated rings. The number of nitrogens with zero attached hydrogens (tertiary/aromatic N) is 1. The number of carbonyl (C=O) groups is 2. The maximum atomic E-state index is 13.5. The molecule has 2 heterocycles. The lowest BCUT2D eigenvalue weighted by Gasteiger charge is -2.50. The van der Waals surface area contributed by atoms with Gasteiger partial charge in [-0.25, -0.2) is 13.1 Å². The fourth-order valence-electron chi connectivity index (χ4n) is 8.15. The van der Waals surface area contributed by atoms with E-state index in [1.165, 1.54) is 11.1 Å². The Bertz CT molecular complexity index is 1610. The number of fused-ring (bicyclic) bond motifs is 4. The van der Waals surface area contributed by atoms with Crippen LogP contribution in [0.4, 0.5) is 5.69 Å². The van der Waals surface area contributed by atoms with Crippen molar-refractivity contribution in [2.75, 3.05) is 24.6 Å². The molecule has 2 amide bonds. The molecule has 4 aliphatic rings. The Balaban J connectivity index is 1.45. The van der Waals surface area contributed by atoms with Crippen molar-refractivity contribution in [1.29, 1.82) is 0 Å². The van der Waals surface area contributed by atoms with Gasteiger partial charge in [-0.15, -0.1) is 0 Å². The molecule has 2 aromatic rings. The second-order valence-electron chi connectivity index (χ2n) is 13.6. The van der Waals surface area contributed by atoms with E-state index in [0.717, 1.165) is 42.9 Å². The van der Waals surface area contributed by atoms with Crippen LogP contribution in [0.2, 0.25) is 5.02 Å². The van der Waals surface area contributed by atoms with Gasteiger partial charge in [-0.05, 0) is 104 Å². The monoisotopic (exact) mass is 653 g/mol. The summed E-state index contributed by atoms with van der Waals surface area (Å²) in [4.78, 5) is 28.1. The summed E-state index contributed by atoms with van der Waals surface area (Å²) in [5.41, 5.74) is 3.30. The number of benzene rings is 2. The van der Waals surface area contributed by atoms with Crippen LogP contribution >= 0.6 is 11.6 Å². The highest BCUT2D eigenvalue weighted by atomic mass is 35.5. The summed E-state index contributed by atoms with van der Waals surface area (Å²) in [5.74, 6) is 0.935. The van der Waals surface area contributed by atoms with Crippen LogP contribution in [0.3, 0.4) is 0 Å². The summed E-state index contributed by atoms with van der Waals surface area (Å²) in [6, 6.07) is 11.3. The molecule has 2 bridgehead atoms. The van der Waals surface area contributed by atoms with E-state index in [2.05, 4.69) is 40.1 Å². The second-order valence-corrected chi connectivity index (χ2v) is 16.0. The van der Waals surface area contributed by atoms with Crippen molar-refractivity contribution >= 4 is 39.1 Å². The lowest BCUT2D eigenvalue weighted by atomic mass is 9.62. The predicted molar refractivity (Wildman–Crippen MR) is 177 cm³/mol. The Kier molecular flexibility index (Phi) is 8.96. The summed E-state index contributed by atoms with van der Waals surface area (Å²) >= 11 is 6.42. The summed E-state index contributed by atoms with van der Waals surface area (Å²) in [6.45, 7) is 7.54. The van der Waals surface area contributed by atoms with Crippen molar-refractivity contribution in [3.05, 3.63) is 70.3 Å². The molecule has 2 aliphatic heterocycles. The van der Waals surface area contributed by atoms with Crippen molar-refractivity contribution in [3.8, 4) is 5.75 Å². The van der Waals surface area contributed by atoms with E-state index in [4.69, 9.17) is 16.3 Å². The molecule has 0 saturated heterocycles. The van der Waals surface area contributed by atoms with E-state index in [-0.39, 0.29) is 34.8 Å². The van der Waals surface area contributed by atoms with Gasteiger partial charge in [0, 0.05) is 36.0 Å². The van der Waals surface area contributed by atoms with Gasteiger partial charge < -0.3 is 15.0 Å². The zero-order valence-corrected chi connectivity index (χ0v) is 27.9. The molecule has 2 aromatic carbocycles. The first kappa shape index (κ1) is 31.9. The van der Waals surface area contributed by atoms with E-state index in [1.807, 2.05) is 19.1 Å². The minimum Gasteiger partial charge on any atom is -0.490 e. The van der Waals surface area contributed by atoms with E-state index in [1.54, 1.807) is 25.1 Å². The quantitative estimate of drug-likeness (QED) is 0.399.